The average Bonchev–Trinajstić information content (AvgIpc) is 2.47. The SMILES string of the molecule is CCNCCN(CCN(CCNCC(=O)[O-])CC(=O)[O-])CC(=O)[O-]. The van der Waals surface area contributed by atoms with Crippen molar-refractivity contribution in [2.45, 2.75) is 6.92 Å². The molecule has 0 aliphatic rings. The van der Waals surface area contributed by atoms with Crippen LogP contribution in [0.4, 0.5) is 0 Å². The van der Waals surface area contributed by atoms with Crippen LogP contribution in [0.5, 0.6) is 0 Å². The van der Waals surface area contributed by atoms with E-state index in [4.69, 9.17) is 0 Å². The van der Waals surface area contributed by atoms with Crippen LogP contribution in [0.1, 0.15) is 6.92 Å². The van der Waals surface area contributed by atoms with E-state index in [2.05, 4.69) is 10.6 Å². The molecule has 0 aliphatic heterocycles. The minimum atomic E-state index is -1.26. The Balaban J connectivity index is 4.35. The van der Waals surface area contributed by atoms with Gasteiger partial charge in [-0.1, -0.05) is 6.92 Å². The highest BCUT2D eigenvalue weighted by Gasteiger charge is 2.10. The molecule has 0 aromatic heterocycles. The summed E-state index contributed by atoms with van der Waals surface area (Å²) < 4.78 is 0. The molecular formula is C14H25N4O6-3. The Bertz CT molecular complexity index is 393. The van der Waals surface area contributed by atoms with E-state index in [0.717, 1.165) is 6.54 Å². The third-order valence-electron chi connectivity index (χ3n) is 3.17. The maximum absolute atomic E-state index is 10.8. The fourth-order valence-electron chi connectivity index (χ4n) is 2.03. The number of likely N-dealkylation sites (N-methyl/N-ethyl adjacent to an activating group) is 1. The molecule has 0 aromatic rings. The number of nitrogens with zero attached hydrogens (tertiary/aromatic N) is 2. The number of rotatable bonds is 16. The van der Waals surface area contributed by atoms with Crippen LogP contribution in [-0.2, 0) is 14.4 Å². The van der Waals surface area contributed by atoms with Crippen LogP contribution in [0.25, 0.3) is 0 Å². The fraction of sp³-hybridized carbons (Fsp3) is 0.786. The van der Waals surface area contributed by atoms with Gasteiger partial charge in [0, 0.05) is 58.9 Å². The van der Waals surface area contributed by atoms with E-state index in [1.807, 2.05) is 6.92 Å². The molecule has 0 fully saturated rings. The Kier molecular flexibility index (Phi) is 12.7. The molecular weight excluding hydrogens is 320 g/mol. The number of carbonyl (C=O) groups is 3. The second-order valence-corrected chi connectivity index (χ2v) is 5.20. The van der Waals surface area contributed by atoms with Crippen LogP contribution >= 0.6 is 0 Å². The third kappa shape index (κ3) is 13.9. The van der Waals surface area contributed by atoms with Crippen molar-refractivity contribution in [1.82, 2.24) is 20.4 Å². The normalized spacial score (nSPS) is 11.1. The summed E-state index contributed by atoms with van der Waals surface area (Å²) in [5.74, 6) is -3.70. The number of hydrogen-bond acceptors (Lipinski definition) is 10. The Morgan fingerprint density at radius 1 is 0.750 bits per heavy atom. The Hall–Kier alpha value is -1.75. The van der Waals surface area contributed by atoms with Crippen molar-refractivity contribution in [2.24, 2.45) is 0 Å². The van der Waals surface area contributed by atoms with Gasteiger partial charge in [-0.2, -0.15) is 0 Å². The Morgan fingerprint density at radius 2 is 1.21 bits per heavy atom. The first-order valence-corrected chi connectivity index (χ1v) is 7.80. The van der Waals surface area contributed by atoms with Gasteiger partial charge in [0.25, 0.3) is 0 Å². The van der Waals surface area contributed by atoms with Gasteiger partial charge < -0.3 is 40.3 Å². The van der Waals surface area contributed by atoms with Gasteiger partial charge in [-0.25, -0.2) is 0 Å². The number of hydrogen-bond donors (Lipinski definition) is 2. The van der Waals surface area contributed by atoms with Gasteiger partial charge in [-0.15, -0.1) is 0 Å². The summed E-state index contributed by atoms with van der Waals surface area (Å²) in [4.78, 5) is 35.1. The van der Waals surface area contributed by atoms with Crippen LogP contribution < -0.4 is 26.0 Å². The first-order chi connectivity index (χ1) is 11.3. The predicted molar refractivity (Wildman–Crippen MR) is 79.3 cm³/mol. The zero-order valence-electron chi connectivity index (χ0n) is 13.9. The van der Waals surface area contributed by atoms with Gasteiger partial charge in [0.2, 0.25) is 0 Å². The van der Waals surface area contributed by atoms with Gasteiger partial charge in [0.1, 0.15) is 0 Å². The van der Waals surface area contributed by atoms with E-state index < -0.39 is 17.9 Å². The lowest BCUT2D eigenvalue weighted by atomic mass is 10.3. The lowest BCUT2D eigenvalue weighted by Crippen LogP contribution is -2.48. The molecule has 0 aliphatic carbocycles. The van der Waals surface area contributed by atoms with Crippen molar-refractivity contribution in [1.29, 1.82) is 0 Å². The summed E-state index contributed by atoms with van der Waals surface area (Å²) in [7, 11) is 0. The minimum absolute atomic E-state index is 0.243. The minimum Gasteiger partial charge on any atom is -0.549 e. The van der Waals surface area contributed by atoms with E-state index in [-0.39, 0.29) is 32.7 Å². The number of carboxylic acids is 3. The molecule has 0 saturated carbocycles. The van der Waals surface area contributed by atoms with Crippen LogP contribution in [0.15, 0.2) is 0 Å². The lowest BCUT2D eigenvalue weighted by Gasteiger charge is -2.28. The van der Waals surface area contributed by atoms with Crippen molar-refractivity contribution in [3.63, 3.8) is 0 Å². The lowest BCUT2D eigenvalue weighted by molar-refractivity contribution is -0.308. The molecule has 0 saturated heterocycles. The summed E-state index contributed by atoms with van der Waals surface area (Å²) in [6, 6.07) is 0. The van der Waals surface area contributed by atoms with E-state index >= 15 is 0 Å². The van der Waals surface area contributed by atoms with Crippen LogP contribution in [0.2, 0.25) is 0 Å². The van der Waals surface area contributed by atoms with E-state index in [9.17, 15) is 29.7 Å². The molecule has 0 heterocycles. The van der Waals surface area contributed by atoms with Crippen molar-refractivity contribution in [2.75, 3.05) is 65.4 Å². The molecule has 0 spiro atoms. The van der Waals surface area contributed by atoms with Crippen molar-refractivity contribution < 1.29 is 29.7 Å². The van der Waals surface area contributed by atoms with Crippen molar-refractivity contribution in [3.8, 4) is 0 Å². The molecule has 24 heavy (non-hydrogen) atoms. The highest BCUT2D eigenvalue weighted by molar-refractivity contribution is 5.67. The molecule has 0 radical (unpaired) electrons. The first-order valence-electron chi connectivity index (χ1n) is 7.80. The van der Waals surface area contributed by atoms with Crippen molar-refractivity contribution >= 4 is 17.9 Å². The van der Waals surface area contributed by atoms with Gasteiger partial charge in [-0.05, 0) is 6.54 Å². The van der Waals surface area contributed by atoms with Crippen LogP contribution in [-0.4, -0.2) is 93.2 Å². The molecule has 0 amide bonds. The molecule has 0 atom stereocenters. The molecule has 10 nitrogen and oxygen atoms in total. The van der Waals surface area contributed by atoms with Gasteiger partial charge in [-0.3, -0.25) is 9.80 Å². The second-order valence-electron chi connectivity index (χ2n) is 5.20. The highest BCUT2D eigenvalue weighted by atomic mass is 16.4. The number of carboxylic acid groups (broad SMARTS) is 3. The highest BCUT2D eigenvalue weighted by Crippen LogP contribution is 1.92. The number of carbonyl (C=O) groups excluding carboxylic acids is 3. The van der Waals surface area contributed by atoms with Crippen molar-refractivity contribution in [3.05, 3.63) is 0 Å². The molecule has 10 heteroatoms. The Morgan fingerprint density at radius 3 is 1.58 bits per heavy atom. The summed E-state index contributed by atoms with van der Waals surface area (Å²) >= 11 is 0. The monoisotopic (exact) mass is 345 g/mol. The van der Waals surface area contributed by atoms with Gasteiger partial charge >= 0.3 is 0 Å². The van der Waals surface area contributed by atoms with E-state index in [1.54, 1.807) is 9.80 Å². The summed E-state index contributed by atoms with van der Waals surface area (Å²) in [5, 5.41) is 37.5. The first kappa shape index (κ1) is 22.2. The Labute approximate surface area is 141 Å². The average molecular weight is 345 g/mol. The molecule has 140 valence electrons. The van der Waals surface area contributed by atoms with Crippen LogP contribution in [0, 0.1) is 0 Å². The third-order valence-corrected chi connectivity index (χ3v) is 3.17. The van der Waals surface area contributed by atoms with E-state index in [1.165, 1.54) is 0 Å². The molecule has 2 N–H and O–H groups in total. The largest absolute Gasteiger partial charge is 0.549 e. The van der Waals surface area contributed by atoms with Gasteiger partial charge in [0.05, 0.1) is 17.9 Å². The summed E-state index contributed by atoms with van der Waals surface area (Å²) in [6.07, 6.45) is 0. The predicted octanol–water partition coefficient (Wildman–Crippen LogP) is -5.96. The second kappa shape index (κ2) is 13.7. The molecule has 0 bridgehead atoms. The summed E-state index contributed by atoms with van der Waals surface area (Å²) in [6.45, 7) is 4.11. The topological polar surface area (TPSA) is 151 Å². The molecule has 0 aromatic carbocycles. The van der Waals surface area contributed by atoms with E-state index in [0.29, 0.717) is 26.2 Å². The maximum Gasteiger partial charge on any atom is 0.0555 e. The zero-order valence-corrected chi connectivity index (χ0v) is 13.9. The molecule has 0 rings (SSSR count). The zero-order chi connectivity index (χ0) is 18.4. The summed E-state index contributed by atoms with van der Waals surface area (Å²) in [5.41, 5.74) is 0. The smallest absolute Gasteiger partial charge is 0.0555 e. The van der Waals surface area contributed by atoms with Gasteiger partial charge in [0.15, 0.2) is 0 Å². The molecule has 0 unspecified atom stereocenters. The number of nitrogens with one attached hydrogen (secondary N) is 2. The maximum atomic E-state index is 10.8. The number of aliphatic carboxylic acids is 3. The standard InChI is InChI=1S/C14H28N4O6/c1-2-15-3-5-17(10-13(21)22)7-8-18(11-14(23)24)6-4-16-9-12(19)20/h15-16H,2-11H2,1H3,(H,19,20)(H,21,22)(H,23,24)/p-3. The van der Waals surface area contributed by atoms with Crippen LogP contribution in [0.3, 0.4) is 0 Å². The fourth-order valence-corrected chi connectivity index (χ4v) is 2.03. The quantitative estimate of drug-likeness (QED) is 0.259.